The van der Waals surface area contributed by atoms with E-state index < -0.39 is 25.1 Å². The third-order valence-corrected chi connectivity index (χ3v) is 6.91. The second-order valence-electron chi connectivity index (χ2n) is 4.61. The maximum atomic E-state index is 12.2. The van der Waals surface area contributed by atoms with Crippen LogP contribution >= 0.6 is 0 Å². The van der Waals surface area contributed by atoms with Crippen molar-refractivity contribution in [2.45, 2.75) is 25.5 Å². The average molecular weight is 298 g/mol. The summed E-state index contributed by atoms with van der Waals surface area (Å²) in [6.07, 6.45) is 0.953. The Morgan fingerprint density at radius 2 is 1.83 bits per heavy atom. The van der Waals surface area contributed by atoms with E-state index in [2.05, 4.69) is 5.32 Å². The van der Waals surface area contributed by atoms with Crippen molar-refractivity contribution >= 4 is 19.9 Å². The molecule has 0 saturated carbocycles. The Kier molecular flexibility index (Phi) is 5.57. The lowest BCUT2D eigenvalue weighted by molar-refractivity contribution is 0.421. The lowest BCUT2D eigenvalue weighted by Gasteiger charge is -2.28. The Morgan fingerprint density at radius 1 is 1.28 bits per heavy atom. The molecule has 0 bridgehead atoms. The van der Waals surface area contributed by atoms with Crippen LogP contribution in [0.15, 0.2) is 0 Å². The summed E-state index contributed by atoms with van der Waals surface area (Å²) in [5, 5.41) is 2.55. The fraction of sp³-hybridized carbons (Fsp3) is 1.00. The van der Waals surface area contributed by atoms with Crippen molar-refractivity contribution in [3.05, 3.63) is 0 Å². The van der Waals surface area contributed by atoms with Gasteiger partial charge in [0.05, 0.1) is 16.8 Å². The molecule has 0 spiro atoms. The Hall–Kier alpha value is -0.180. The van der Waals surface area contributed by atoms with Crippen molar-refractivity contribution in [1.29, 1.82) is 0 Å². The van der Waals surface area contributed by atoms with Crippen LogP contribution in [0.25, 0.3) is 0 Å². The first-order valence-electron chi connectivity index (χ1n) is 6.19. The van der Waals surface area contributed by atoms with E-state index in [4.69, 9.17) is 0 Å². The highest BCUT2D eigenvalue weighted by atomic mass is 32.2. The number of nitrogens with one attached hydrogen (secondary N) is 1. The van der Waals surface area contributed by atoms with Crippen LogP contribution in [0.3, 0.4) is 0 Å². The van der Waals surface area contributed by atoms with Gasteiger partial charge in [-0.3, -0.25) is 0 Å². The maximum Gasteiger partial charge on any atom is 0.218 e. The molecule has 108 valence electrons. The van der Waals surface area contributed by atoms with Crippen molar-refractivity contribution in [2.75, 3.05) is 37.7 Å². The van der Waals surface area contributed by atoms with Gasteiger partial charge in [-0.05, 0) is 19.9 Å². The SMILES string of the molecule is CCCNCC(C)S(=O)(=O)N1CCS(=O)(=O)CC1. The van der Waals surface area contributed by atoms with Crippen LogP contribution in [0.4, 0.5) is 0 Å². The predicted octanol–water partition coefficient (Wildman–Crippen LogP) is -0.565. The van der Waals surface area contributed by atoms with E-state index in [0.29, 0.717) is 6.54 Å². The Bertz CT molecular complexity index is 444. The fourth-order valence-electron chi connectivity index (χ4n) is 1.79. The molecule has 0 aromatic carbocycles. The predicted molar refractivity (Wildman–Crippen MR) is 71.8 cm³/mol. The van der Waals surface area contributed by atoms with E-state index in [9.17, 15) is 16.8 Å². The molecule has 1 N–H and O–H groups in total. The Balaban J connectivity index is 2.58. The van der Waals surface area contributed by atoms with Crippen molar-refractivity contribution in [3.63, 3.8) is 0 Å². The summed E-state index contributed by atoms with van der Waals surface area (Å²) in [6, 6.07) is 0. The van der Waals surface area contributed by atoms with Crippen molar-refractivity contribution < 1.29 is 16.8 Å². The van der Waals surface area contributed by atoms with Crippen LogP contribution in [-0.4, -0.2) is 64.1 Å². The van der Waals surface area contributed by atoms with E-state index in [1.807, 2.05) is 6.92 Å². The first kappa shape index (κ1) is 15.9. The van der Waals surface area contributed by atoms with Crippen molar-refractivity contribution in [3.8, 4) is 0 Å². The van der Waals surface area contributed by atoms with Crippen LogP contribution in [0, 0.1) is 0 Å². The number of rotatable bonds is 6. The molecule has 1 atom stereocenters. The van der Waals surface area contributed by atoms with Crippen LogP contribution in [0.2, 0.25) is 0 Å². The van der Waals surface area contributed by atoms with Gasteiger partial charge >= 0.3 is 0 Å². The van der Waals surface area contributed by atoms with Gasteiger partial charge in [0.15, 0.2) is 9.84 Å². The minimum Gasteiger partial charge on any atom is -0.315 e. The van der Waals surface area contributed by atoms with Gasteiger partial charge in [-0.15, -0.1) is 0 Å². The topological polar surface area (TPSA) is 83.6 Å². The smallest absolute Gasteiger partial charge is 0.218 e. The largest absolute Gasteiger partial charge is 0.315 e. The Labute approximate surface area is 110 Å². The lowest BCUT2D eigenvalue weighted by Crippen LogP contribution is -2.48. The van der Waals surface area contributed by atoms with Crippen LogP contribution in [-0.2, 0) is 19.9 Å². The maximum absolute atomic E-state index is 12.2. The van der Waals surface area contributed by atoms with Gasteiger partial charge < -0.3 is 5.32 Å². The highest BCUT2D eigenvalue weighted by Gasteiger charge is 2.33. The van der Waals surface area contributed by atoms with Gasteiger partial charge in [0.25, 0.3) is 0 Å². The monoisotopic (exact) mass is 298 g/mol. The van der Waals surface area contributed by atoms with Gasteiger partial charge in [0.1, 0.15) is 0 Å². The summed E-state index contributed by atoms with van der Waals surface area (Å²) < 4.78 is 48.2. The molecule has 1 saturated heterocycles. The summed E-state index contributed by atoms with van der Waals surface area (Å²) in [6.45, 7) is 5.03. The minimum atomic E-state index is -3.39. The molecule has 1 rings (SSSR count). The molecule has 0 aromatic heterocycles. The second kappa shape index (κ2) is 6.31. The zero-order valence-corrected chi connectivity index (χ0v) is 12.6. The quantitative estimate of drug-likeness (QED) is 0.664. The molecule has 18 heavy (non-hydrogen) atoms. The van der Waals surface area contributed by atoms with Gasteiger partial charge in [-0.25, -0.2) is 16.8 Å². The molecule has 0 aromatic rings. The molecule has 1 aliphatic heterocycles. The number of sulfonamides is 1. The normalized spacial score (nSPS) is 22.8. The number of hydrogen-bond donors (Lipinski definition) is 1. The number of nitrogens with zero attached hydrogens (tertiary/aromatic N) is 1. The zero-order valence-electron chi connectivity index (χ0n) is 10.9. The summed E-state index contributed by atoms with van der Waals surface area (Å²) in [5.41, 5.74) is 0. The van der Waals surface area contributed by atoms with E-state index >= 15 is 0 Å². The molecule has 0 radical (unpaired) electrons. The zero-order chi connectivity index (χ0) is 13.8. The summed E-state index contributed by atoms with van der Waals surface area (Å²) in [4.78, 5) is 0. The molecule has 8 heteroatoms. The Morgan fingerprint density at radius 3 is 2.33 bits per heavy atom. The molecule has 1 heterocycles. The van der Waals surface area contributed by atoms with Crippen LogP contribution in [0.1, 0.15) is 20.3 Å². The molecule has 1 aliphatic rings. The summed E-state index contributed by atoms with van der Waals surface area (Å²) in [5.74, 6) is -0.136. The third-order valence-electron chi connectivity index (χ3n) is 3.03. The average Bonchev–Trinajstić information content (AvgIpc) is 2.28. The standard InChI is InChI=1S/C10H22N2O4S2/c1-3-4-11-9-10(2)18(15,16)12-5-7-17(13,14)8-6-12/h10-11H,3-9H2,1-2H3. The van der Waals surface area contributed by atoms with Gasteiger partial charge in [-0.1, -0.05) is 6.92 Å². The minimum absolute atomic E-state index is 0.0681. The highest BCUT2D eigenvalue weighted by molar-refractivity contribution is 7.92. The van der Waals surface area contributed by atoms with Crippen molar-refractivity contribution in [1.82, 2.24) is 9.62 Å². The molecule has 6 nitrogen and oxygen atoms in total. The molecule has 1 unspecified atom stereocenters. The first-order chi connectivity index (χ1) is 8.29. The van der Waals surface area contributed by atoms with Gasteiger partial charge in [0, 0.05) is 19.6 Å². The molecule has 0 amide bonds. The summed E-state index contributed by atoms with van der Waals surface area (Å²) in [7, 11) is -6.43. The molecule has 0 aliphatic carbocycles. The van der Waals surface area contributed by atoms with Gasteiger partial charge in [0.2, 0.25) is 10.0 Å². The van der Waals surface area contributed by atoms with Crippen LogP contribution < -0.4 is 5.32 Å². The first-order valence-corrected chi connectivity index (χ1v) is 9.52. The summed E-state index contributed by atoms with van der Waals surface area (Å²) >= 11 is 0. The highest BCUT2D eigenvalue weighted by Crippen LogP contribution is 2.13. The fourth-order valence-corrected chi connectivity index (χ4v) is 4.75. The second-order valence-corrected chi connectivity index (χ2v) is 9.27. The van der Waals surface area contributed by atoms with E-state index in [0.717, 1.165) is 13.0 Å². The number of hydrogen-bond acceptors (Lipinski definition) is 5. The van der Waals surface area contributed by atoms with E-state index in [1.165, 1.54) is 4.31 Å². The van der Waals surface area contributed by atoms with Crippen molar-refractivity contribution in [2.24, 2.45) is 0 Å². The molecular weight excluding hydrogens is 276 g/mol. The number of sulfone groups is 1. The lowest BCUT2D eigenvalue weighted by atomic mass is 10.4. The molecular formula is C10H22N2O4S2. The van der Waals surface area contributed by atoms with E-state index in [1.54, 1.807) is 6.92 Å². The van der Waals surface area contributed by atoms with E-state index in [-0.39, 0.29) is 24.6 Å². The molecule has 1 fully saturated rings. The van der Waals surface area contributed by atoms with Gasteiger partial charge in [-0.2, -0.15) is 4.31 Å². The van der Waals surface area contributed by atoms with Crippen LogP contribution in [0.5, 0.6) is 0 Å². The third kappa shape index (κ3) is 4.18.